The number of carbonyl (C=O) groups excluding carboxylic acids is 2. The average Bonchev–Trinajstić information content (AvgIpc) is 2.51. The van der Waals surface area contributed by atoms with Gasteiger partial charge in [0.25, 0.3) is 0 Å². The summed E-state index contributed by atoms with van der Waals surface area (Å²) in [4.78, 5) is 22.3. The molecule has 130 valence electrons. The van der Waals surface area contributed by atoms with E-state index in [1.165, 1.54) is 64.2 Å². The van der Waals surface area contributed by atoms with Crippen LogP contribution in [-0.2, 0) is 4.79 Å². The van der Waals surface area contributed by atoms with E-state index in [0.717, 1.165) is 12.8 Å². The average molecular weight is 312 g/mol. The van der Waals surface area contributed by atoms with Crippen LogP contribution in [0.5, 0.6) is 0 Å². The molecule has 0 aliphatic rings. The first kappa shape index (κ1) is 20.9. The highest BCUT2D eigenvalue weighted by atomic mass is 16.2. The number of imide groups is 1. The number of unbranched alkanes of at least 4 members (excludes halogenated alkanes) is 11. The molecule has 0 aromatic carbocycles. The second-order valence-corrected chi connectivity index (χ2v) is 6.05. The van der Waals surface area contributed by atoms with E-state index in [-0.39, 0.29) is 11.9 Å². The molecule has 0 aliphatic heterocycles. The van der Waals surface area contributed by atoms with E-state index in [1.807, 2.05) is 0 Å². The van der Waals surface area contributed by atoms with Crippen LogP contribution in [0.1, 0.15) is 97.3 Å². The number of amides is 3. The molecule has 0 saturated carbocycles. The number of rotatable bonds is 14. The van der Waals surface area contributed by atoms with Crippen LogP contribution in [0.25, 0.3) is 0 Å². The Kier molecular flexibility index (Phi) is 15.5. The Morgan fingerprint density at radius 2 is 1.14 bits per heavy atom. The molecule has 0 spiro atoms. The Hall–Kier alpha value is -1.06. The third kappa shape index (κ3) is 15.3. The van der Waals surface area contributed by atoms with Crippen LogP contribution in [0.2, 0.25) is 0 Å². The first-order chi connectivity index (χ1) is 10.7. The fraction of sp³-hybridized carbons (Fsp3) is 0.889. The minimum absolute atomic E-state index is 0.229. The highest BCUT2D eigenvalue weighted by Crippen LogP contribution is 2.11. The Bertz CT molecular complexity index is 280. The standard InChI is InChI=1S/C18H36N2O2/c1-3-5-6-7-8-9-10-11-12-13-14-15-16-19-18(22)20-17(21)4-2/h3-16H2,1-2H3,(H2,19,20,21,22). The molecule has 0 bridgehead atoms. The Labute approximate surface area is 136 Å². The van der Waals surface area contributed by atoms with Gasteiger partial charge in [0.05, 0.1) is 0 Å². The molecule has 22 heavy (non-hydrogen) atoms. The van der Waals surface area contributed by atoms with Gasteiger partial charge in [0.15, 0.2) is 0 Å². The van der Waals surface area contributed by atoms with Crippen LogP contribution in [0.4, 0.5) is 4.79 Å². The van der Waals surface area contributed by atoms with E-state index in [0.29, 0.717) is 13.0 Å². The minimum Gasteiger partial charge on any atom is -0.338 e. The largest absolute Gasteiger partial charge is 0.338 e. The summed E-state index contributed by atoms with van der Waals surface area (Å²) < 4.78 is 0. The maximum Gasteiger partial charge on any atom is 0.321 e. The van der Waals surface area contributed by atoms with E-state index in [4.69, 9.17) is 0 Å². The van der Waals surface area contributed by atoms with E-state index in [2.05, 4.69) is 17.6 Å². The first-order valence-corrected chi connectivity index (χ1v) is 9.28. The van der Waals surface area contributed by atoms with Crippen molar-refractivity contribution in [2.45, 2.75) is 97.3 Å². The predicted molar refractivity (Wildman–Crippen MR) is 92.9 cm³/mol. The molecule has 0 aliphatic carbocycles. The highest BCUT2D eigenvalue weighted by Gasteiger charge is 2.03. The lowest BCUT2D eigenvalue weighted by atomic mass is 10.1. The summed E-state index contributed by atoms with van der Waals surface area (Å²) in [5.74, 6) is -0.229. The highest BCUT2D eigenvalue weighted by molar-refractivity contribution is 5.94. The Morgan fingerprint density at radius 3 is 1.59 bits per heavy atom. The van der Waals surface area contributed by atoms with Crippen molar-refractivity contribution in [2.24, 2.45) is 0 Å². The van der Waals surface area contributed by atoms with Crippen molar-refractivity contribution >= 4 is 11.9 Å². The Balaban J connectivity index is 3.14. The molecular weight excluding hydrogens is 276 g/mol. The van der Waals surface area contributed by atoms with E-state index >= 15 is 0 Å². The summed E-state index contributed by atoms with van der Waals surface area (Å²) in [6.07, 6.45) is 16.0. The lowest BCUT2D eigenvalue weighted by Crippen LogP contribution is -2.39. The van der Waals surface area contributed by atoms with Gasteiger partial charge >= 0.3 is 6.03 Å². The molecule has 3 amide bonds. The van der Waals surface area contributed by atoms with Crippen molar-refractivity contribution in [3.63, 3.8) is 0 Å². The van der Waals surface area contributed by atoms with Crippen LogP contribution < -0.4 is 10.6 Å². The van der Waals surface area contributed by atoms with E-state index in [9.17, 15) is 9.59 Å². The summed E-state index contributed by atoms with van der Waals surface area (Å²) >= 11 is 0. The SMILES string of the molecule is CCCCCCCCCCCCCCNC(=O)NC(=O)CC. The summed E-state index contributed by atoms with van der Waals surface area (Å²) in [6, 6.07) is -0.366. The van der Waals surface area contributed by atoms with E-state index in [1.54, 1.807) is 6.92 Å². The zero-order valence-corrected chi connectivity index (χ0v) is 14.7. The fourth-order valence-corrected chi connectivity index (χ4v) is 2.43. The fourth-order valence-electron chi connectivity index (χ4n) is 2.43. The van der Waals surface area contributed by atoms with Gasteiger partial charge in [-0.3, -0.25) is 10.1 Å². The first-order valence-electron chi connectivity index (χ1n) is 9.28. The molecule has 0 atom stereocenters. The lowest BCUT2D eigenvalue weighted by Gasteiger charge is -2.06. The van der Waals surface area contributed by atoms with Crippen LogP contribution in [0, 0.1) is 0 Å². The smallest absolute Gasteiger partial charge is 0.321 e. The Morgan fingerprint density at radius 1 is 0.682 bits per heavy atom. The number of nitrogens with one attached hydrogen (secondary N) is 2. The number of hydrogen-bond acceptors (Lipinski definition) is 2. The van der Waals surface area contributed by atoms with Gasteiger partial charge in [0.1, 0.15) is 0 Å². The molecule has 0 rings (SSSR count). The number of carbonyl (C=O) groups is 2. The van der Waals surface area contributed by atoms with Crippen LogP contribution in [0.15, 0.2) is 0 Å². The van der Waals surface area contributed by atoms with Gasteiger partial charge < -0.3 is 5.32 Å². The molecule has 0 radical (unpaired) electrons. The van der Waals surface area contributed by atoms with Gasteiger partial charge in [0.2, 0.25) is 5.91 Å². The van der Waals surface area contributed by atoms with Crippen molar-refractivity contribution in [2.75, 3.05) is 6.54 Å². The van der Waals surface area contributed by atoms with Gasteiger partial charge in [-0.1, -0.05) is 84.5 Å². The maximum atomic E-state index is 11.3. The van der Waals surface area contributed by atoms with Gasteiger partial charge in [-0.15, -0.1) is 0 Å². The topological polar surface area (TPSA) is 58.2 Å². The zero-order chi connectivity index (χ0) is 16.5. The molecule has 2 N–H and O–H groups in total. The molecule has 0 aromatic heterocycles. The number of urea groups is 1. The zero-order valence-electron chi connectivity index (χ0n) is 14.7. The van der Waals surface area contributed by atoms with Gasteiger partial charge in [-0.2, -0.15) is 0 Å². The summed E-state index contributed by atoms with van der Waals surface area (Å²) in [5.41, 5.74) is 0. The molecule has 0 fully saturated rings. The van der Waals surface area contributed by atoms with Crippen molar-refractivity contribution in [3.05, 3.63) is 0 Å². The third-order valence-corrected chi connectivity index (χ3v) is 3.89. The van der Waals surface area contributed by atoms with Crippen molar-refractivity contribution < 1.29 is 9.59 Å². The normalized spacial score (nSPS) is 10.5. The molecule has 4 nitrogen and oxygen atoms in total. The summed E-state index contributed by atoms with van der Waals surface area (Å²) in [6.45, 7) is 4.64. The van der Waals surface area contributed by atoms with Crippen molar-refractivity contribution in [1.82, 2.24) is 10.6 Å². The second kappa shape index (κ2) is 16.3. The summed E-state index contributed by atoms with van der Waals surface area (Å²) in [7, 11) is 0. The van der Waals surface area contributed by atoms with Crippen LogP contribution in [-0.4, -0.2) is 18.5 Å². The summed E-state index contributed by atoms with van der Waals surface area (Å²) in [5, 5.41) is 5.00. The van der Waals surface area contributed by atoms with Crippen LogP contribution in [0.3, 0.4) is 0 Å². The van der Waals surface area contributed by atoms with Gasteiger partial charge in [0, 0.05) is 13.0 Å². The lowest BCUT2D eigenvalue weighted by molar-refractivity contribution is -0.119. The van der Waals surface area contributed by atoms with Crippen LogP contribution >= 0.6 is 0 Å². The second-order valence-electron chi connectivity index (χ2n) is 6.05. The third-order valence-electron chi connectivity index (χ3n) is 3.89. The molecule has 4 heteroatoms. The molecule has 0 heterocycles. The quantitative estimate of drug-likeness (QED) is 0.447. The molecule has 0 saturated heterocycles. The number of hydrogen-bond donors (Lipinski definition) is 2. The monoisotopic (exact) mass is 312 g/mol. The van der Waals surface area contributed by atoms with Crippen molar-refractivity contribution in [3.8, 4) is 0 Å². The minimum atomic E-state index is -0.366. The predicted octanol–water partition coefficient (Wildman–Crippen LogP) is 4.92. The van der Waals surface area contributed by atoms with Gasteiger partial charge in [-0.05, 0) is 6.42 Å². The maximum absolute atomic E-state index is 11.3. The molecular formula is C18H36N2O2. The molecule has 0 aromatic rings. The molecule has 0 unspecified atom stereocenters. The van der Waals surface area contributed by atoms with Crippen molar-refractivity contribution in [1.29, 1.82) is 0 Å². The van der Waals surface area contributed by atoms with Gasteiger partial charge in [-0.25, -0.2) is 4.79 Å². The van der Waals surface area contributed by atoms with E-state index < -0.39 is 0 Å².